The Labute approximate surface area is 123 Å². The molecule has 1 aromatic rings. The molecule has 0 aliphatic carbocycles. The van der Waals surface area contributed by atoms with E-state index in [1.54, 1.807) is 0 Å². The van der Waals surface area contributed by atoms with Crippen molar-refractivity contribution in [3.05, 3.63) is 29.3 Å². The van der Waals surface area contributed by atoms with Gasteiger partial charge in [-0.2, -0.15) is 0 Å². The third-order valence-electron chi connectivity index (χ3n) is 4.69. The van der Waals surface area contributed by atoms with Crippen molar-refractivity contribution >= 4 is 5.69 Å². The normalized spacial score (nSPS) is 22.4. The van der Waals surface area contributed by atoms with Crippen LogP contribution in [0.1, 0.15) is 24.0 Å². The van der Waals surface area contributed by atoms with Crippen LogP contribution in [-0.2, 0) is 13.0 Å². The Morgan fingerprint density at radius 1 is 1.40 bits per heavy atom. The highest BCUT2D eigenvalue weighted by Gasteiger charge is 2.17. The number of rotatable bonds is 4. The van der Waals surface area contributed by atoms with Gasteiger partial charge < -0.3 is 15.1 Å². The molecule has 3 rings (SSSR count). The van der Waals surface area contributed by atoms with Gasteiger partial charge >= 0.3 is 0 Å². The number of fused-ring (bicyclic) bond motifs is 1. The number of nitrogens with one attached hydrogen (secondary N) is 1. The fourth-order valence-corrected chi connectivity index (χ4v) is 3.62. The number of hydrogen-bond acceptors (Lipinski definition) is 3. The van der Waals surface area contributed by atoms with E-state index in [2.05, 4.69) is 47.4 Å². The average molecular weight is 273 g/mol. The van der Waals surface area contributed by atoms with Gasteiger partial charge in [-0.1, -0.05) is 12.1 Å². The lowest BCUT2D eigenvalue weighted by molar-refractivity contribution is 0.237. The molecule has 0 bridgehead atoms. The zero-order valence-electron chi connectivity index (χ0n) is 12.9. The Morgan fingerprint density at radius 3 is 3.10 bits per heavy atom. The second-order valence-electron chi connectivity index (χ2n) is 6.54. The minimum absolute atomic E-state index is 0.828. The summed E-state index contributed by atoms with van der Waals surface area (Å²) in [7, 11) is 4.45. The molecule has 0 amide bonds. The van der Waals surface area contributed by atoms with Crippen LogP contribution in [0.15, 0.2) is 18.2 Å². The first kappa shape index (κ1) is 13.9. The maximum atomic E-state index is 3.51. The Balaban J connectivity index is 1.57. The fraction of sp³-hybridized carbons (Fsp3) is 0.647. The molecule has 0 spiro atoms. The number of nitrogens with zero attached hydrogens (tertiary/aromatic N) is 2. The van der Waals surface area contributed by atoms with Crippen LogP contribution < -0.4 is 10.2 Å². The largest absolute Gasteiger partial charge is 0.374 e. The number of piperidine rings is 1. The number of likely N-dealkylation sites (N-methyl/N-ethyl adjacent to an activating group) is 1. The van der Waals surface area contributed by atoms with Crippen LogP contribution >= 0.6 is 0 Å². The van der Waals surface area contributed by atoms with Gasteiger partial charge in [0, 0.05) is 32.4 Å². The van der Waals surface area contributed by atoms with Gasteiger partial charge in [0.1, 0.15) is 0 Å². The smallest absolute Gasteiger partial charge is 0.0397 e. The number of anilines is 1. The molecule has 1 saturated heterocycles. The Morgan fingerprint density at radius 2 is 2.30 bits per heavy atom. The predicted molar refractivity (Wildman–Crippen MR) is 85.3 cm³/mol. The molecule has 0 aromatic heterocycles. The van der Waals surface area contributed by atoms with Crippen molar-refractivity contribution in [1.29, 1.82) is 0 Å². The highest BCUT2D eigenvalue weighted by Crippen LogP contribution is 2.27. The van der Waals surface area contributed by atoms with Gasteiger partial charge in [0.25, 0.3) is 0 Å². The summed E-state index contributed by atoms with van der Waals surface area (Å²) in [5.41, 5.74) is 4.41. The molecular formula is C17H27N3. The van der Waals surface area contributed by atoms with E-state index in [1.807, 2.05) is 0 Å². The van der Waals surface area contributed by atoms with Crippen molar-refractivity contribution in [3.63, 3.8) is 0 Å². The quantitative estimate of drug-likeness (QED) is 0.906. The summed E-state index contributed by atoms with van der Waals surface area (Å²) in [6, 6.07) is 7.01. The lowest BCUT2D eigenvalue weighted by Gasteiger charge is -2.27. The van der Waals surface area contributed by atoms with Crippen molar-refractivity contribution in [1.82, 2.24) is 10.2 Å². The maximum Gasteiger partial charge on any atom is 0.0397 e. The molecular weight excluding hydrogens is 246 g/mol. The third kappa shape index (κ3) is 3.15. The highest BCUT2D eigenvalue weighted by atomic mass is 15.1. The van der Waals surface area contributed by atoms with Gasteiger partial charge in [-0.15, -0.1) is 0 Å². The van der Waals surface area contributed by atoms with Crippen molar-refractivity contribution in [2.24, 2.45) is 5.92 Å². The predicted octanol–water partition coefficient (Wildman–Crippen LogP) is 2.11. The summed E-state index contributed by atoms with van der Waals surface area (Å²) in [4.78, 5) is 4.84. The second kappa shape index (κ2) is 6.15. The second-order valence-corrected chi connectivity index (χ2v) is 6.54. The topological polar surface area (TPSA) is 18.5 Å². The summed E-state index contributed by atoms with van der Waals surface area (Å²) >= 11 is 0. The minimum Gasteiger partial charge on any atom is -0.374 e. The monoisotopic (exact) mass is 273 g/mol. The van der Waals surface area contributed by atoms with Crippen LogP contribution in [0.4, 0.5) is 5.69 Å². The van der Waals surface area contributed by atoms with E-state index < -0.39 is 0 Å². The van der Waals surface area contributed by atoms with Crippen molar-refractivity contribution in [3.8, 4) is 0 Å². The van der Waals surface area contributed by atoms with E-state index in [0.29, 0.717) is 0 Å². The van der Waals surface area contributed by atoms with E-state index >= 15 is 0 Å². The van der Waals surface area contributed by atoms with Gasteiger partial charge in [0.05, 0.1) is 0 Å². The van der Waals surface area contributed by atoms with E-state index in [0.717, 1.165) is 12.5 Å². The molecule has 1 fully saturated rings. The van der Waals surface area contributed by atoms with Crippen molar-refractivity contribution < 1.29 is 0 Å². The molecule has 2 heterocycles. The van der Waals surface area contributed by atoms with E-state index in [1.165, 1.54) is 62.3 Å². The molecule has 0 radical (unpaired) electrons. The van der Waals surface area contributed by atoms with Gasteiger partial charge in [-0.3, -0.25) is 0 Å². The van der Waals surface area contributed by atoms with Gasteiger partial charge in [0.2, 0.25) is 0 Å². The van der Waals surface area contributed by atoms with E-state index in [-0.39, 0.29) is 0 Å². The lowest BCUT2D eigenvalue weighted by atomic mass is 9.99. The molecule has 1 unspecified atom stereocenters. The highest BCUT2D eigenvalue weighted by molar-refractivity contribution is 5.58. The van der Waals surface area contributed by atoms with Gasteiger partial charge in [-0.05, 0) is 62.5 Å². The van der Waals surface area contributed by atoms with Crippen LogP contribution in [0.5, 0.6) is 0 Å². The van der Waals surface area contributed by atoms with Crippen LogP contribution in [0.2, 0.25) is 0 Å². The van der Waals surface area contributed by atoms with Crippen LogP contribution in [0.25, 0.3) is 0 Å². The SMILES string of the molecule is CN(Cc1ccc2c(c1)CCN2C)CC1CCCNC1. The van der Waals surface area contributed by atoms with Crippen LogP contribution in [0.3, 0.4) is 0 Å². The van der Waals surface area contributed by atoms with E-state index in [4.69, 9.17) is 0 Å². The van der Waals surface area contributed by atoms with Crippen molar-refractivity contribution in [2.75, 3.05) is 45.2 Å². The number of benzene rings is 1. The fourth-order valence-electron chi connectivity index (χ4n) is 3.62. The van der Waals surface area contributed by atoms with Gasteiger partial charge in [-0.25, -0.2) is 0 Å². The molecule has 1 aromatic carbocycles. The molecule has 1 N–H and O–H groups in total. The zero-order chi connectivity index (χ0) is 13.9. The van der Waals surface area contributed by atoms with Crippen molar-refractivity contribution in [2.45, 2.75) is 25.8 Å². The summed E-state index contributed by atoms with van der Waals surface area (Å²) < 4.78 is 0. The Hall–Kier alpha value is -1.06. The zero-order valence-corrected chi connectivity index (χ0v) is 12.9. The van der Waals surface area contributed by atoms with Crippen LogP contribution in [0, 0.1) is 5.92 Å². The Bertz CT molecular complexity index is 452. The molecule has 3 heteroatoms. The molecule has 2 aliphatic heterocycles. The summed E-state index contributed by atoms with van der Waals surface area (Å²) in [6.45, 7) is 5.86. The first-order chi connectivity index (χ1) is 9.72. The first-order valence-electron chi connectivity index (χ1n) is 7.94. The summed E-state index contributed by atoms with van der Waals surface area (Å²) in [6.07, 6.45) is 3.92. The minimum atomic E-state index is 0.828. The number of hydrogen-bond donors (Lipinski definition) is 1. The molecule has 2 aliphatic rings. The molecule has 0 saturated carbocycles. The third-order valence-corrected chi connectivity index (χ3v) is 4.69. The Kier molecular flexibility index (Phi) is 4.27. The average Bonchev–Trinajstić information content (AvgIpc) is 2.81. The van der Waals surface area contributed by atoms with E-state index in [9.17, 15) is 0 Å². The molecule has 1 atom stereocenters. The van der Waals surface area contributed by atoms with Gasteiger partial charge in [0.15, 0.2) is 0 Å². The molecule has 110 valence electrons. The standard InChI is InChI=1S/C17H27N3/c1-19(13-15-4-3-8-18-11-15)12-14-5-6-17-16(10-14)7-9-20(17)2/h5-6,10,15,18H,3-4,7-9,11-13H2,1-2H3. The lowest BCUT2D eigenvalue weighted by Crippen LogP contribution is -2.36. The summed E-state index contributed by atoms with van der Waals surface area (Å²) in [5, 5.41) is 3.51. The summed E-state index contributed by atoms with van der Waals surface area (Å²) in [5.74, 6) is 0.828. The first-order valence-corrected chi connectivity index (χ1v) is 7.94. The maximum absolute atomic E-state index is 3.51. The molecule has 20 heavy (non-hydrogen) atoms. The van der Waals surface area contributed by atoms with Crippen LogP contribution in [-0.4, -0.2) is 45.2 Å². The molecule has 3 nitrogen and oxygen atoms in total.